The molecule has 1 rings (SSSR count). The first-order valence-electron chi connectivity index (χ1n) is 6.78. The first-order valence-corrected chi connectivity index (χ1v) is 6.78. The summed E-state index contributed by atoms with van der Waals surface area (Å²) in [5.74, 6) is 0. The van der Waals surface area contributed by atoms with Crippen LogP contribution in [0.1, 0.15) is 41.0 Å². The van der Waals surface area contributed by atoms with Crippen molar-refractivity contribution in [2.45, 2.75) is 64.9 Å². The van der Waals surface area contributed by atoms with Crippen molar-refractivity contribution in [2.24, 2.45) is 5.41 Å². The fourth-order valence-corrected chi connectivity index (χ4v) is 3.02. The zero-order chi connectivity index (χ0) is 14.1. The lowest BCUT2D eigenvalue weighted by Gasteiger charge is -2.51. The molecule has 1 saturated heterocycles. The minimum atomic E-state index is -0.792. The van der Waals surface area contributed by atoms with E-state index in [9.17, 15) is 5.11 Å². The highest BCUT2D eigenvalue weighted by Crippen LogP contribution is 2.38. The van der Waals surface area contributed by atoms with Gasteiger partial charge in [-0.3, -0.25) is 4.90 Å². The molecule has 2 N–H and O–H groups in total. The summed E-state index contributed by atoms with van der Waals surface area (Å²) in [5, 5.41) is 19.8. The van der Waals surface area contributed by atoms with Gasteiger partial charge in [0, 0.05) is 13.0 Å². The molecule has 0 radical (unpaired) electrons. The van der Waals surface area contributed by atoms with Crippen LogP contribution in [0.3, 0.4) is 0 Å². The maximum absolute atomic E-state index is 10.7. The molecule has 4 nitrogen and oxygen atoms in total. The maximum Gasteiger partial charge on any atom is 0.0824 e. The average molecular weight is 259 g/mol. The molecule has 0 aromatic rings. The predicted octanol–water partition coefficient (Wildman–Crippen LogP) is 1.25. The molecule has 0 amide bonds. The highest BCUT2D eigenvalue weighted by Gasteiger charge is 2.48. The van der Waals surface area contributed by atoms with Gasteiger partial charge in [0.2, 0.25) is 0 Å². The van der Waals surface area contributed by atoms with Gasteiger partial charge in [0.1, 0.15) is 0 Å². The van der Waals surface area contributed by atoms with Crippen LogP contribution in [0.5, 0.6) is 0 Å². The fraction of sp³-hybridized carbons (Fsp3) is 1.00. The van der Waals surface area contributed by atoms with Crippen LogP contribution in [0.2, 0.25) is 0 Å². The molecule has 0 aromatic carbocycles. The highest BCUT2D eigenvalue weighted by atomic mass is 16.5. The molecule has 108 valence electrons. The van der Waals surface area contributed by atoms with Crippen LogP contribution in [0, 0.1) is 5.41 Å². The molecule has 1 fully saturated rings. The monoisotopic (exact) mass is 259 g/mol. The van der Waals surface area contributed by atoms with Crippen molar-refractivity contribution in [3.8, 4) is 0 Å². The van der Waals surface area contributed by atoms with Crippen LogP contribution in [-0.2, 0) is 4.74 Å². The number of ether oxygens (including phenoxy) is 1. The Kier molecular flexibility index (Phi) is 4.81. The van der Waals surface area contributed by atoms with E-state index in [2.05, 4.69) is 20.8 Å². The molecule has 1 heterocycles. The zero-order valence-corrected chi connectivity index (χ0v) is 12.6. The summed E-state index contributed by atoms with van der Waals surface area (Å²) in [6.07, 6.45) is 0.636. The molecule has 1 aliphatic heterocycles. The van der Waals surface area contributed by atoms with Gasteiger partial charge in [-0.05, 0) is 26.3 Å². The molecule has 0 aromatic heterocycles. The third-order valence-corrected chi connectivity index (χ3v) is 3.95. The van der Waals surface area contributed by atoms with Gasteiger partial charge in [-0.1, -0.05) is 20.8 Å². The second kappa shape index (κ2) is 5.45. The first kappa shape index (κ1) is 15.9. The van der Waals surface area contributed by atoms with Crippen LogP contribution in [0.25, 0.3) is 0 Å². The Labute approximate surface area is 111 Å². The molecule has 1 aliphatic rings. The molecule has 18 heavy (non-hydrogen) atoms. The smallest absolute Gasteiger partial charge is 0.0824 e. The van der Waals surface area contributed by atoms with E-state index < -0.39 is 5.60 Å². The largest absolute Gasteiger partial charge is 0.395 e. The topological polar surface area (TPSA) is 52.9 Å². The van der Waals surface area contributed by atoms with Crippen LogP contribution in [-0.4, -0.2) is 59.2 Å². The lowest BCUT2D eigenvalue weighted by Crippen LogP contribution is -2.63. The van der Waals surface area contributed by atoms with Crippen molar-refractivity contribution in [3.05, 3.63) is 0 Å². The number of aliphatic hydroxyl groups excluding tert-OH is 1. The van der Waals surface area contributed by atoms with E-state index in [1.54, 1.807) is 0 Å². The SMILES string of the molecule is CC1OC(C(C)(C)C)CC(C)(O)C1N(C)CCO. The van der Waals surface area contributed by atoms with Crippen molar-refractivity contribution in [2.75, 3.05) is 20.2 Å². The van der Waals surface area contributed by atoms with E-state index in [0.717, 1.165) is 0 Å². The molecule has 0 bridgehead atoms. The van der Waals surface area contributed by atoms with E-state index in [0.29, 0.717) is 13.0 Å². The normalized spacial score (nSPS) is 38.2. The molecule has 0 spiro atoms. The van der Waals surface area contributed by atoms with Crippen molar-refractivity contribution >= 4 is 0 Å². The first-order chi connectivity index (χ1) is 8.09. The molecule has 4 atom stereocenters. The van der Waals surface area contributed by atoms with E-state index in [-0.39, 0.29) is 30.3 Å². The highest BCUT2D eigenvalue weighted by molar-refractivity contribution is 5.00. The quantitative estimate of drug-likeness (QED) is 0.801. The number of likely N-dealkylation sites (N-methyl/N-ethyl adjacent to an activating group) is 1. The predicted molar refractivity (Wildman–Crippen MR) is 72.5 cm³/mol. The van der Waals surface area contributed by atoms with Gasteiger partial charge in [0.15, 0.2) is 0 Å². The molecule has 4 unspecified atom stereocenters. The van der Waals surface area contributed by atoms with Crippen LogP contribution >= 0.6 is 0 Å². The Morgan fingerprint density at radius 2 is 1.94 bits per heavy atom. The lowest BCUT2D eigenvalue weighted by molar-refractivity contribution is -0.202. The molecular weight excluding hydrogens is 230 g/mol. The minimum Gasteiger partial charge on any atom is -0.395 e. The van der Waals surface area contributed by atoms with Crippen LogP contribution in [0.15, 0.2) is 0 Å². The van der Waals surface area contributed by atoms with E-state index >= 15 is 0 Å². The van der Waals surface area contributed by atoms with Gasteiger partial charge >= 0.3 is 0 Å². The maximum atomic E-state index is 10.7. The second-order valence-corrected chi connectivity index (χ2v) is 6.91. The average Bonchev–Trinajstić information content (AvgIpc) is 2.13. The zero-order valence-electron chi connectivity index (χ0n) is 12.6. The van der Waals surface area contributed by atoms with Crippen LogP contribution < -0.4 is 0 Å². The van der Waals surface area contributed by atoms with Crippen molar-refractivity contribution < 1.29 is 14.9 Å². The molecule has 4 heteroatoms. The summed E-state index contributed by atoms with van der Waals surface area (Å²) in [7, 11) is 1.92. The Morgan fingerprint density at radius 1 is 1.39 bits per heavy atom. The summed E-state index contributed by atoms with van der Waals surface area (Å²) in [4.78, 5) is 1.99. The van der Waals surface area contributed by atoms with E-state index in [4.69, 9.17) is 9.84 Å². The molecule has 0 saturated carbocycles. The third kappa shape index (κ3) is 3.44. The molecular formula is C14H29NO3. The number of rotatable bonds is 3. The van der Waals surface area contributed by atoms with Gasteiger partial charge in [-0.15, -0.1) is 0 Å². The second-order valence-electron chi connectivity index (χ2n) is 6.91. The Balaban J connectivity index is 2.86. The summed E-state index contributed by atoms with van der Waals surface area (Å²) >= 11 is 0. The summed E-state index contributed by atoms with van der Waals surface area (Å²) in [6.45, 7) is 10.9. The van der Waals surface area contributed by atoms with Crippen molar-refractivity contribution in [3.63, 3.8) is 0 Å². The Morgan fingerprint density at radius 3 is 2.33 bits per heavy atom. The number of nitrogens with zero attached hydrogens (tertiary/aromatic N) is 1. The van der Waals surface area contributed by atoms with E-state index in [1.165, 1.54) is 0 Å². The van der Waals surface area contributed by atoms with Gasteiger partial charge in [-0.2, -0.15) is 0 Å². The number of hydrogen-bond donors (Lipinski definition) is 2. The number of hydrogen-bond acceptors (Lipinski definition) is 4. The summed E-state index contributed by atoms with van der Waals surface area (Å²) in [6, 6.07) is -0.0803. The van der Waals surface area contributed by atoms with Crippen molar-refractivity contribution in [1.29, 1.82) is 0 Å². The summed E-state index contributed by atoms with van der Waals surface area (Å²) < 4.78 is 6.08. The fourth-order valence-electron chi connectivity index (χ4n) is 3.02. The number of aliphatic hydroxyl groups is 2. The summed E-state index contributed by atoms with van der Waals surface area (Å²) in [5.41, 5.74) is -0.766. The minimum absolute atomic E-state index is 0.0266. The van der Waals surface area contributed by atoms with Crippen molar-refractivity contribution in [1.82, 2.24) is 4.90 Å². The third-order valence-electron chi connectivity index (χ3n) is 3.95. The van der Waals surface area contributed by atoms with Crippen LogP contribution in [0.4, 0.5) is 0 Å². The van der Waals surface area contributed by atoms with E-state index in [1.807, 2.05) is 25.8 Å². The standard InChI is InChI=1S/C14H29NO3/c1-10-12(15(6)7-8-16)14(5,17)9-11(18-10)13(2,3)4/h10-12,16-17H,7-9H2,1-6H3. The lowest BCUT2D eigenvalue weighted by atomic mass is 9.75. The van der Waals surface area contributed by atoms with Gasteiger partial charge in [0.25, 0.3) is 0 Å². The molecule has 0 aliphatic carbocycles. The Bertz CT molecular complexity index is 273. The van der Waals surface area contributed by atoms with Gasteiger partial charge in [-0.25, -0.2) is 0 Å². The van der Waals surface area contributed by atoms with Gasteiger partial charge in [0.05, 0.1) is 30.5 Å². The Hall–Kier alpha value is -0.160. The van der Waals surface area contributed by atoms with Gasteiger partial charge < -0.3 is 14.9 Å².